The van der Waals surface area contributed by atoms with Crippen LogP contribution in [0.15, 0.2) is 11.6 Å². The number of hydrogen-bond donors (Lipinski definition) is 0. The zero-order chi connectivity index (χ0) is 12.9. The Hall–Kier alpha value is -1.32. The largest absolute Gasteiger partial charge is 0.469 e. The predicted molar refractivity (Wildman–Crippen MR) is 63.5 cm³/mol. The number of methoxy groups -OCH3 is 1. The number of esters is 2. The molecule has 2 aliphatic carbocycles. The van der Waals surface area contributed by atoms with Crippen LogP contribution in [-0.4, -0.2) is 25.2 Å². The van der Waals surface area contributed by atoms with Crippen molar-refractivity contribution in [1.29, 1.82) is 0 Å². The van der Waals surface area contributed by atoms with Crippen molar-refractivity contribution in [2.75, 3.05) is 7.11 Å². The number of allylic oxidation sites excluding steroid dienone is 1. The molecule has 98 valence electrons. The van der Waals surface area contributed by atoms with Gasteiger partial charge in [-0.3, -0.25) is 4.79 Å². The molecule has 1 saturated heterocycles. The predicted octanol–water partition coefficient (Wildman–Crippen LogP) is 1.84. The Morgan fingerprint density at radius 1 is 1.56 bits per heavy atom. The number of hydrogen-bond acceptors (Lipinski definition) is 4. The molecule has 0 N–H and O–H groups in total. The number of rotatable bonds is 1. The third-order valence-corrected chi connectivity index (χ3v) is 4.97. The van der Waals surface area contributed by atoms with Crippen LogP contribution < -0.4 is 0 Å². The average Bonchev–Trinajstić information content (AvgIpc) is 2.70. The lowest BCUT2D eigenvalue weighted by Crippen LogP contribution is -2.52. The molecule has 4 nitrogen and oxygen atoms in total. The van der Waals surface area contributed by atoms with Crippen LogP contribution in [0.25, 0.3) is 0 Å². The van der Waals surface area contributed by atoms with E-state index < -0.39 is 5.41 Å². The third-order valence-electron chi connectivity index (χ3n) is 4.97. The molecule has 0 aromatic heterocycles. The summed E-state index contributed by atoms with van der Waals surface area (Å²) < 4.78 is 10.5. The Bertz CT molecular complexity index is 439. The van der Waals surface area contributed by atoms with Gasteiger partial charge in [0.25, 0.3) is 0 Å². The number of ether oxygens (including phenoxy) is 2. The highest BCUT2D eigenvalue weighted by molar-refractivity contribution is 5.94. The van der Waals surface area contributed by atoms with Crippen molar-refractivity contribution in [2.45, 2.75) is 38.7 Å². The maximum atomic E-state index is 12.3. The van der Waals surface area contributed by atoms with Crippen molar-refractivity contribution in [3.8, 4) is 0 Å². The van der Waals surface area contributed by atoms with Gasteiger partial charge in [0.05, 0.1) is 12.5 Å². The Morgan fingerprint density at radius 3 is 3.06 bits per heavy atom. The fourth-order valence-electron chi connectivity index (χ4n) is 4.08. The van der Waals surface area contributed by atoms with Gasteiger partial charge in [-0.1, -0.05) is 13.0 Å². The summed E-state index contributed by atoms with van der Waals surface area (Å²) in [5.74, 6) is -0.286. The first kappa shape index (κ1) is 11.8. The second kappa shape index (κ2) is 3.84. The maximum Gasteiger partial charge on any atom is 0.334 e. The van der Waals surface area contributed by atoms with Gasteiger partial charge >= 0.3 is 11.9 Å². The van der Waals surface area contributed by atoms with Gasteiger partial charge in [-0.05, 0) is 31.6 Å². The monoisotopic (exact) mass is 250 g/mol. The van der Waals surface area contributed by atoms with Crippen LogP contribution in [-0.2, 0) is 19.1 Å². The van der Waals surface area contributed by atoms with E-state index in [1.54, 1.807) is 0 Å². The van der Waals surface area contributed by atoms with E-state index in [-0.39, 0.29) is 29.9 Å². The molecule has 0 aromatic rings. The molecule has 4 atom stereocenters. The molecule has 18 heavy (non-hydrogen) atoms. The summed E-state index contributed by atoms with van der Waals surface area (Å²) in [5, 5.41) is 0. The van der Waals surface area contributed by atoms with Crippen molar-refractivity contribution >= 4 is 11.9 Å². The molecular formula is C14H18O4. The first-order valence-electron chi connectivity index (χ1n) is 6.60. The first-order chi connectivity index (χ1) is 8.61. The fourth-order valence-corrected chi connectivity index (χ4v) is 4.08. The average molecular weight is 250 g/mol. The Morgan fingerprint density at radius 2 is 2.33 bits per heavy atom. The Kier molecular flexibility index (Phi) is 2.50. The van der Waals surface area contributed by atoms with Gasteiger partial charge in [0.2, 0.25) is 0 Å². The molecule has 0 spiro atoms. The third kappa shape index (κ3) is 1.26. The molecule has 3 rings (SSSR count). The van der Waals surface area contributed by atoms with E-state index in [0.717, 1.165) is 25.7 Å². The molecule has 1 aliphatic heterocycles. The molecule has 0 unspecified atom stereocenters. The lowest BCUT2D eigenvalue weighted by atomic mass is 9.54. The van der Waals surface area contributed by atoms with E-state index in [1.807, 2.05) is 6.08 Å². The van der Waals surface area contributed by atoms with Crippen LogP contribution in [0.3, 0.4) is 0 Å². The minimum Gasteiger partial charge on any atom is -0.469 e. The van der Waals surface area contributed by atoms with Crippen LogP contribution in [0.2, 0.25) is 0 Å². The summed E-state index contributed by atoms with van der Waals surface area (Å²) >= 11 is 0. The summed E-state index contributed by atoms with van der Waals surface area (Å²) in [4.78, 5) is 24.2. The number of carbonyl (C=O) groups is 2. The van der Waals surface area contributed by atoms with Gasteiger partial charge < -0.3 is 9.47 Å². The van der Waals surface area contributed by atoms with Gasteiger partial charge in [-0.2, -0.15) is 0 Å². The molecule has 0 aromatic carbocycles. The van der Waals surface area contributed by atoms with Gasteiger partial charge in [-0.25, -0.2) is 4.79 Å². The SMILES string of the molecule is COC(=O)[C@]12CCC[C@@H]3OC(=O)C(=CC[C@H]1C)[C@@H]32. The van der Waals surface area contributed by atoms with Crippen LogP contribution >= 0.6 is 0 Å². The molecule has 0 bridgehead atoms. The van der Waals surface area contributed by atoms with Crippen LogP contribution in [0.1, 0.15) is 32.6 Å². The van der Waals surface area contributed by atoms with Crippen molar-refractivity contribution < 1.29 is 19.1 Å². The van der Waals surface area contributed by atoms with Crippen molar-refractivity contribution in [2.24, 2.45) is 17.3 Å². The normalized spacial score (nSPS) is 41.8. The van der Waals surface area contributed by atoms with E-state index >= 15 is 0 Å². The minimum absolute atomic E-state index is 0.0880. The van der Waals surface area contributed by atoms with Crippen LogP contribution in [0.4, 0.5) is 0 Å². The highest BCUT2D eigenvalue weighted by atomic mass is 16.6. The topological polar surface area (TPSA) is 52.6 Å². The second-order valence-electron chi connectivity index (χ2n) is 5.64. The van der Waals surface area contributed by atoms with Crippen molar-refractivity contribution in [1.82, 2.24) is 0 Å². The summed E-state index contributed by atoms with van der Waals surface area (Å²) in [6.07, 6.45) is 5.17. The molecule has 4 heteroatoms. The summed E-state index contributed by atoms with van der Waals surface area (Å²) in [6.45, 7) is 2.08. The first-order valence-corrected chi connectivity index (χ1v) is 6.60. The molecule has 0 radical (unpaired) electrons. The number of carbonyl (C=O) groups excluding carboxylic acids is 2. The van der Waals surface area contributed by atoms with Gasteiger partial charge in [0.15, 0.2) is 0 Å². The maximum absolute atomic E-state index is 12.3. The van der Waals surface area contributed by atoms with Gasteiger partial charge in [-0.15, -0.1) is 0 Å². The second-order valence-corrected chi connectivity index (χ2v) is 5.64. The quantitative estimate of drug-likeness (QED) is 0.666. The highest BCUT2D eigenvalue weighted by Crippen LogP contribution is 2.57. The van der Waals surface area contributed by atoms with Gasteiger partial charge in [0, 0.05) is 11.5 Å². The van der Waals surface area contributed by atoms with Crippen LogP contribution in [0, 0.1) is 17.3 Å². The van der Waals surface area contributed by atoms with Crippen molar-refractivity contribution in [3.05, 3.63) is 11.6 Å². The zero-order valence-corrected chi connectivity index (χ0v) is 10.8. The Labute approximate surface area is 106 Å². The van der Waals surface area contributed by atoms with E-state index in [1.165, 1.54) is 7.11 Å². The molecular weight excluding hydrogens is 232 g/mol. The minimum atomic E-state index is -0.548. The van der Waals surface area contributed by atoms with Crippen molar-refractivity contribution in [3.63, 3.8) is 0 Å². The van der Waals surface area contributed by atoms with Crippen LogP contribution in [0.5, 0.6) is 0 Å². The standard InChI is InChI=1S/C14H18O4/c1-8-5-6-9-11-10(18-12(9)15)4-3-7-14(8,11)13(16)17-2/h6,8,10-11H,3-5,7H2,1-2H3/t8-,10+,11+,14-/m1/s1. The summed E-state index contributed by atoms with van der Waals surface area (Å²) in [5.41, 5.74) is 0.164. The van der Waals surface area contributed by atoms with Gasteiger partial charge in [0.1, 0.15) is 6.10 Å². The molecule has 1 saturated carbocycles. The summed E-state index contributed by atoms with van der Waals surface area (Å²) in [6, 6.07) is 0. The molecule has 2 fully saturated rings. The lowest BCUT2D eigenvalue weighted by Gasteiger charge is -2.47. The van der Waals surface area contributed by atoms with E-state index in [0.29, 0.717) is 5.57 Å². The van der Waals surface area contributed by atoms with E-state index in [4.69, 9.17) is 9.47 Å². The molecule has 3 aliphatic rings. The summed E-state index contributed by atoms with van der Waals surface area (Å²) in [7, 11) is 1.43. The highest BCUT2D eigenvalue weighted by Gasteiger charge is 2.62. The molecule has 0 amide bonds. The Balaban J connectivity index is 2.12. The van der Waals surface area contributed by atoms with E-state index in [2.05, 4.69) is 6.92 Å². The molecule has 1 heterocycles. The smallest absolute Gasteiger partial charge is 0.334 e. The fraction of sp³-hybridized carbons (Fsp3) is 0.714. The lowest BCUT2D eigenvalue weighted by molar-refractivity contribution is -0.167. The van der Waals surface area contributed by atoms with E-state index in [9.17, 15) is 9.59 Å². The zero-order valence-electron chi connectivity index (χ0n) is 10.8.